The van der Waals surface area contributed by atoms with Gasteiger partial charge in [0.15, 0.2) is 5.96 Å². The lowest BCUT2D eigenvalue weighted by Gasteiger charge is -2.36. The lowest BCUT2D eigenvalue weighted by Crippen LogP contribution is -2.52. The number of benzene rings is 1. The summed E-state index contributed by atoms with van der Waals surface area (Å²) in [6, 6.07) is 12.4. The van der Waals surface area contributed by atoms with Crippen LogP contribution in [0.2, 0.25) is 0 Å². The Morgan fingerprint density at radius 2 is 1.96 bits per heavy atom. The second-order valence-corrected chi connectivity index (χ2v) is 6.61. The molecule has 1 aliphatic heterocycles. The van der Waals surface area contributed by atoms with Crippen LogP contribution in [-0.2, 0) is 6.54 Å². The molecule has 144 valence electrons. The van der Waals surface area contributed by atoms with Gasteiger partial charge in [-0.05, 0) is 18.6 Å². The van der Waals surface area contributed by atoms with Crippen molar-refractivity contribution < 1.29 is 0 Å². The quantitative estimate of drug-likeness (QED) is 0.603. The Kier molecular flexibility index (Phi) is 7.47. The van der Waals surface area contributed by atoms with Crippen molar-refractivity contribution in [1.29, 1.82) is 0 Å². The summed E-state index contributed by atoms with van der Waals surface area (Å²) < 4.78 is 1.92. The summed E-state index contributed by atoms with van der Waals surface area (Å²) in [5, 5.41) is 7.66. The highest BCUT2D eigenvalue weighted by Crippen LogP contribution is 2.05. The van der Waals surface area contributed by atoms with Gasteiger partial charge in [0.05, 0.1) is 13.1 Å². The van der Waals surface area contributed by atoms with Gasteiger partial charge in [0.1, 0.15) is 0 Å². The summed E-state index contributed by atoms with van der Waals surface area (Å²) in [4.78, 5) is 9.63. The van der Waals surface area contributed by atoms with E-state index in [-0.39, 0.29) is 0 Å². The third-order valence-corrected chi connectivity index (χ3v) is 4.63. The summed E-state index contributed by atoms with van der Waals surface area (Å²) in [6.45, 7) is 9.69. The second-order valence-electron chi connectivity index (χ2n) is 6.61. The minimum Gasteiger partial charge on any atom is -0.357 e. The van der Waals surface area contributed by atoms with Crippen molar-refractivity contribution >= 4 is 12.0 Å². The molecular weight excluding hydrogens is 336 g/mol. The van der Waals surface area contributed by atoms with E-state index in [0.29, 0.717) is 0 Å². The molecular formula is C21H30N6. The first-order chi connectivity index (χ1) is 13.3. The van der Waals surface area contributed by atoms with Crippen LogP contribution in [0, 0.1) is 0 Å². The summed E-state index contributed by atoms with van der Waals surface area (Å²) in [6.07, 6.45) is 8.24. The first kappa shape index (κ1) is 19.2. The SMILES string of the molecule is CCNC(=NCCn1cccn1)N1CCN(C/C=C/c2ccccc2)CC1. The lowest BCUT2D eigenvalue weighted by atomic mass is 10.2. The van der Waals surface area contributed by atoms with E-state index in [4.69, 9.17) is 4.99 Å². The smallest absolute Gasteiger partial charge is 0.194 e. The van der Waals surface area contributed by atoms with E-state index in [2.05, 4.69) is 69.6 Å². The van der Waals surface area contributed by atoms with Crippen molar-refractivity contribution in [3.05, 3.63) is 60.4 Å². The van der Waals surface area contributed by atoms with E-state index < -0.39 is 0 Å². The average molecular weight is 367 g/mol. The zero-order chi connectivity index (χ0) is 18.7. The molecule has 1 fully saturated rings. The van der Waals surface area contributed by atoms with Gasteiger partial charge < -0.3 is 10.2 Å². The minimum atomic E-state index is 0.740. The summed E-state index contributed by atoms with van der Waals surface area (Å²) >= 11 is 0. The normalized spacial score (nSPS) is 16.2. The maximum Gasteiger partial charge on any atom is 0.194 e. The van der Waals surface area contributed by atoms with Crippen molar-refractivity contribution in [2.45, 2.75) is 13.5 Å². The molecule has 1 N–H and O–H groups in total. The molecule has 0 atom stereocenters. The molecule has 3 rings (SSSR count). The molecule has 0 radical (unpaired) electrons. The molecule has 6 heteroatoms. The van der Waals surface area contributed by atoms with Gasteiger partial charge >= 0.3 is 0 Å². The Bertz CT molecular complexity index is 700. The molecule has 0 aliphatic carbocycles. The fraction of sp³-hybridized carbons (Fsp3) is 0.429. The van der Waals surface area contributed by atoms with Crippen LogP contribution in [0.4, 0.5) is 0 Å². The van der Waals surface area contributed by atoms with Gasteiger partial charge in [-0.3, -0.25) is 14.6 Å². The van der Waals surface area contributed by atoms with E-state index in [9.17, 15) is 0 Å². The van der Waals surface area contributed by atoms with E-state index in [1.807, 2.05) is 16.9 Å². The van der Waals surface area contributed by atoms with E-state index in [1.54, 1.807) is 6.20 Å². The monoisotopic (exact) mass is 366 g/mol. The van der Waals surface area contributed by atoms with E-state index >= 15 is 0 Å². The maximum atomic E-state index is 4.78. The molecule has 1 aliphatic rings. The van der Waals surface area contributed by atoms with Gasteiger partial charge in [0.25, 0.3) is 0 Å². The van der Waals surface area contributed by atoms with Crippen LogP contribution in [0.1, 0.15) is 12.5 Å². The molecule has 0 amide bonds. The van der Waals surface area contributed by atoms with Gasteiger partial charge in [-0.1, -0.05) is 42.5 Å². The van der Waals surface area contributed by atoms with Crippen LogP contribution in [-0.4, -0.2) is 71.4 Å². The highest BCUT2D eigenvalue weighted by atomic mass is 15.3. The molecule has 0 spiro atoms. The van der Waals surface area contributed by atoms with Crippen LogP contribution in [0.25, 0.3) is 6.08 Å². The Morgan fingerprint density at radius 1 is 1.15 bits per heavy atom. The Hall–Kier alpha value is -2.60. The predicted molar refractivity (Wildman–Crippen MR) is 112 cm³/mol. The first-order valence-corrected chi connectivity index (χ1v) is 9.80. The molecule has 2 aromatic rings. The minimum absolute atomic E-state index is 0.740. The van der Waals surface area contributed by atoms with Gasteiger partial charge in [0.2, 0.25) is 0 Å². The zero-order valence-electron chi connectivity index (χ0n) is 16.2. The fourth-order valence-corrected chi connectivity index (χ4v) is 3.16. The number of rotatable bonds is 7. The van der Waals surface area contributed by atoms with Crippen molar-refractivity contribution in [3.63, 3.8) is 0 Å². The van der Waals surface area contributed by atoms with Crippen LogP contribution in [0.5, 0.6) is 0 Å². The number of guanidine groups is 1. The van der Waals surface area contributed by atoms with Crippen molar-refractivity contribution in [2.75, 3.05) is 45.8 Å². The molecule has 6 nitrogen and oxygen atoms in total. The number of nitrogens with one attached hydrogen (secondary N) is 1. The number of nitrogens with zero attached hydrogens (tertiary/aromatic N) is 5. The molecule has 27 heavy (non-hydrogen) atoms. The molecule has 1 aromatic heterocycles. The second kappa shape index (κ2) is 10.5. The van der Waals surface area contributed by atoms with Gasteiger partial charge in [0, 0.05) is 51.7 Å². The molecule has 1 aromatic carbocycles. The number of hydrogen-bond donors (Lipinski definition) is 1. The topological polar surface area (TPSA) is 48.7 Å². The Balaban J connectivity index is 1.44. The summed E-state index contributed by atoms with van der Waals surface area (Å²) in [5.74, 6) is 1.02. The summed E-state index contributed by atoms with van der Waals surface area (Å²) in [7, 11) is 0. The van der Waals surface area contributed by atoms with Crippen molar-refractivity contribution in [3.8, 4) is 0 Å². The predicted octanol–water partition coefficient (Wildman–Crippen LogP) is 2.18. The third kappa shape index (κ3) is 6.25. The highest BCUT2D eigenvalue weighted by molar-refractivity contribution is 5.80. The largest absolute Gasteiger partial charge is 0.357 e. The molecule has 0 unspecified atom stereocenters. The fourth-order valence-electron chi connectivity index (χ4n) is 3.16. The Labute approximate surface area is 162 Å². The van der Waals surface area contributed by atoms with E-state index in [0.717, 1.165) is 58.3 Å². The van der Waals surface area contributed by atoms with Gasteiger partial charge in [-0.25, -0.2) is 0 Å². The number of hydrogen-bond acceptors (Lipinski definition) is 3. The number of aliphatic imine (C=N–C) groups is 1. The third-order valence-electron chi connectivity index (χ3n) is 4.63. The van der Waals surface area contributed by atoms with Crippen molar-refractivity contribution in [2.24, 2.45) is 4.99 Å². The standard InChI is InChI=1S/C21H30N6/c1-2-22-21(23-12-15-27-14-7-11-24-27)26-18-16-25(17-19-26)13-6-10-20-8-4-3-5-9-20/h3-11,14H,2,12-13,15-19H2,1H3,(H,22,23)/b10-6+. The Morgan fingerprint density at radius 3 is 2.67 bits per heavy atom. The van der Waals surface area contributed by atoms with Crippen LogP contribution in [0.3, 0.4) is 0 Å². The molecule has 1 saturated heterocycles. The van der Waals surface area contributed by atoms with Gasteiger partial charge in [-0.15, -0.1) is 0 Å². The van der Waals surface area contributed by atoms with Crippen LogP contribution >= 0.6 is 0 Å². The van der Waals surface area contributed by atoms with Gasteiger partial charge in [-0.2, -0.15) is 5.10 Å². The maximum absolute atomic E-state index is 4.78. The lowest BCUT2D eigenvalue weighted by molar-refractivity contribution is 0.194. The van der Waals surface area contributed by atoms with Crippen LogP contribution < -0.4 is 5.32 Å². The highest BCUT2D eigenvalue weighted by Gasteiger charge is 2.18. The molecule has 2 heterocycles. The zero-order valence-corrected chi connectivity index (χ0v) is 16.2. The van der Waals surface area contributed by atoms with E-state index in [1.165, 1.54) is 5.56 Å². The average Bonchev–Trinajstić information content (AvgIpc) is 3.22. The number of piperazine rings is 1. The number of aromatic nitrogens is 2. The van der Waals surface area contributed by atoms with Crippen molar-refractivity contribution in [1.82, 2.24) is 24.9 Å². The summed E-state index contributed by atoms with van der Waals surface area (Å²) in [5.41, 5.74) is 1.26. The first-order valence-electron chi connectivity index (χ1n) is 9.80. The molecule has 0 bridgehead atoms. The molecule has 0 saturated carbocycles. The van der Waals surface area contributed by atoms with Crippen LogP contribution in [0.15, 0.2) is 59.9 Å².